The maximum absolute atomic E-state index is 12.0. The summed E-state index contributed by atoms with van der Waals surface area (Å²) in [6.45, 7) is 0. The first-order chi connectivity index (χ1) is 8.79. The summed E-state index contributed by atoms with van der Waals surface area (Å²) in [5.41, 5.74) is 0. The largest absolute Gasteiger partial charge is 0.477 e. The molecule has 2 N–H and O–H groups in total. The fourth-order valence-electron chi connectivity index (χ4n) is 1.14. The molecule has 0 bridgehead atoms. The van der Waals surface area contributed by atoms with Gasteiger partial charge in [-0.1, -0.05) is 5.10 Å². The number of aromatic nitrogens is 4. The summed E-state index contributed by atoms with van der Waals surface area (Å²) >= 11 is 3.82. The highest BCUT2D eigenvalue weighted by Gasteiger charge is 2.24. The van der Waals surface area contributed by atoms with Gasteiger partial charge in [0.2, 0.25) is 0 Å². The summed E-state index contributed by atoms with van der Waals surface area (Å²) in [4.78, 5) is 11.6. The molecule has 0 spiro atoms. The molecule has 19 heavy (non-hydrogen) atoms. The van der Waals surface area contributed by atoms with Gasteiger partial charge in [-0.2, -0.15) is 4.80 Å². The van der Waals surface area contributed by atoms with E-state index in [2.05, 4.69) is 36.1 Å². The molecule has 0 aliphatic heterocycles. The van der Waals surface area contributed by atoms with Gasteiger partial charge in [0.05, 0.1) is 10.8 Å². The maximum atomic E-state index is 12.0. The smallest absolute Gasteiger partial charge is 0.345 e. The van der Waals surface area contributed by atoms with Gasteiger partial charge in [0, 0.05) is 0 Å². The Morgan fingerprint density at radius 2 is 2.26 bits per heavy atom. The van der Waals surface area contributed by atoms with Gasteiger partial charge in [-0.15, -0.1) is 16.4 Å². The predicted molar refractivity (Wildman–Crippen MR) is 68.6 cm³/mol. The van der Waals surface area contributed by atoms with E-state index < -0.39 is 16.0 Å². The normalized spacial score (nSPS) is 11.5. The number of hydrogen-bond acceptors (Lipinski definition) is 7. The Bertz CT molecular complexity index is 737. The van der Waals surface area contributed by atoms with Crippen molar-refractivity contribution in [2.75, 3.05) is 4.72 Å². The molecule has 102 valence electrons. The number of aromatic carboxylic acids is 1. The van der Waals surface area contributed by atoms with E-state index in [4.69, 9.17) is 5.11 Å². The number of anilines is 1. The molecule has 0 atom stereocenters. The Kier molecular flexibility index (Phi) is 3.56. The van der Waals surface area contributed by atoms with Gasteiger partial charge in [-0.3, -0.25) is 0 Å². The van der Waals surface area contributed by atoms with Crippen molar-refractivity contribution in [1.82, 2.24) is 20.2 Å². The van der Waals surface area contributed by atoms with E-state index >= 15 is 0 Å². The molecule has 0 unspecified atom stereocenters. The van der Waals surface area contributed by atoms with Crippen molar-refractivity contribution in [2.24, 2.45) is 7.05 Å². The molecule has 2 heterocycles. The number of tetrazole rings is 1. The van der Waals surface area contributed by atoms with Gasteiger partial charge in [-0.25, -0.2) is 17.9 Å². The van der Waals surface area contributed by atoms with Crippen molar-refractivity contribution in [3.8, 4) is 0 Å². The number of thiophene rings is 1. The summed E-state index contributed by atoms with van der Waals surface area (Å²) in [5.74, 6) is -1.40. The minimum atomic E-state index is -3.97. The lowest BCUT2D eigenvalue weighted by atomic mass is 10.5. The van der Waals surface area contributed by atoms with Crippen molar-refractivity contribution in [1.29, 1.82) is 0 Å². The molecule has 0 aliphatic rings. The van der Waals surface area contributed by atoms with Crippen LogP contribution in [0.1, 0.15) is 9.67 Å². The predicted octanol–water partition coefficient (Wildman–Crippen LogP) is 0.533. The van der Waals surface area contributed by atoms with E-state index in [1.165, 1.54) is 7.05 Å². The number of carboxylic acid groups (broad SMARTS) is 1. The standard InChI is InChI=1S/C7H6BrN5O4S2/c1-13-10-7(9-12-13)11-19(16,17)4-2-3(6(14)15)18-5(4)8/h2H,1H3,(H,10,11)(H,14,15). The van der Waals surface area contributed by atoms with Crippen LogP contribution in [-0.2, 0) is 17.1 Å². The lowest BCUT2D eigenvalue weighted by molar-refractivity contribution is 0.0702. The molecule has 0 aliphatic carbocycles. The fraction of sp³-hybridized carbons (Fsp3) is 0.143. The van der Waals surface area contributed by atoms with Crippen LogP contribution in [0.15, 0.2) is 14.7 Å². The Hall–Kier alpha value is -1.53. The third kappa shape index (κ3) is 2.90. The monoisotopic (exact) mass is 367 g/mol. The van der Waals surface area contributed by atoms with E-state index in [-0.39, 0.29) is 19.5 Å². The average Bonchev–Trinajstić information content (AvgIpc) is 2.85. The van der Waals surface area contributed by atoms with Crippen LogP contribution < -0.4 is 4.72 Å². The topological polar surface area (TPSA) is 127 Å². The lowest BCUT2D eigenvalue weighted by Crippen LogP contribution is -2.14. The Labute approximate surface area is 119 Å². The van der Waals surface area contributed by atoms with Crippen LogP contribution in [0, 0.1) is 0 Å². The van der Waals surface area contributed by atoms with E-state index in [1.54, 1.807) is 0 Å². The van der Waals surface area contributed by atoms with Gasteiger partial charge in [0.25, 0.3) is 16.0 Å². The quantitative estimate of drug-likeness (QED) is 0.806. The molecule has 0 fully saturated rings. The number of hydrogen-bond donors (Lipinski definition) is 2. The van der Waals surface area contributed by atoms with Gasteiger partial charge >= 0.3 is 5.97 Å². The number of rotatable bonds is 4. The number of carbonyl (C=O) groups is 1. The number of aryl methyl sites for hydroxylation is 1. The first-order valence-corrected chi connectivity index (χ1v) is 7.68. The van der Waals surface area contributed by atoms with Gasteiger partial charge < -0.3 is 5.11 Å². The highest BCUT2D eigenvalue weighted by atomic mass is 79.9. The van der Waals surface area contributed by atoms with Crippen molar-refractivity contribution < 1.29 is 18.3 Å². The van der Waals surface area contributed by atoms with Crippen LogP contribution in [0.3, 0.4) is 0 Å². The number of nitrogens with zero attached hydrogens (tertiary/aromatic N) is 4. The van der Waals surface area contributed by atoms with Crippen LogP contribution in [0.5, 0.6) is 0 Å². The molecule has 0 amide bonds. The van der Waals surface area contributed by atoms with E-state index in [0.29, 0.717) is 0 Å². The zero-order valence-electron chi connectivity index (χ0n) is 9.23. The van der Waals surface area contributed by atoms with Crippen LogP contribution in [0.2, 0.25) is 0 Å². The van der Waals surface area contributed by atoms with Gasteiger partial charge in [0.15, 0.2) is 0 Å². The Morgan fingerprint density at radius 3 is 2.74 bits per heavy atom. The summed E-state index contributed by atoms with van der Waals surface area (Å²) < 4.78 is 26.3. The van der Waals surface area contributed by atoms with Crippen molar-refractivity contribution in [3.05, 3.63) is 14.7 Å². The molecule has 2 rings (SSSR count). The second-order valence-corrected chi connectivity index (χ2v) is 7.28. The fourth-order valence-corrected chi connectivity index (χ4v) is 4.48. The Balaban J connectivity index is 2.37. The molecule has 9 nitrogen and oxygen atoms in total. The highest BCUT2D eigenvalue weighted by Crippen LogP contribution is 2.32. The first kappa shape index (κ1) is 13.9. The summed E-state index contributed by atoms with van der Waals surface area (Å²) in [5, 5.41) is 19.4. The maximum Gasteiger partial charge on any atom is 0.345 e. The number of carboxylic acids is 1. The molecule has 0 radical (unpaired) electrons. The molecular weight excluding hydrogens is 362 g/mol. The van der Waals surface area contributed by atoms with Crippen LogP contribution >= 0.6 is 27.3 Å². The third-order valence-corrected chi connectivity index (χ3v) is 5.46. The van der Waals surface area contributed by atoms with Crippen LogP contribution in [0.25, 0.3) is 0 Å². The lowest BCUT2D eigenvalue weighted by Gasteiger charge is -2.01. The van der Waals surface area contributed by atoms with Crippen LogP contribution in [-0.4, -0.2) is 39.7 Å². The highest BCUT2D eigenvalue weighted by molar-refractivity contribution is 9.11. The molecular formula is C7H6BrN5O4S2. The van der Waals surface area contributed by atoms with Crippen molar-refractivity contribution in [3.63, 3.8) is 0 Å². The van der Waals surface area contributed by atoms with E-state index in [9.17, 15) is 13.2 Å². The molecule has 0 saturated heterocycles. The summed E-state index contributed by atoms with van der Waals surface area (Å²) in [6.07, 6.45) is 0. The van der Waals surface area contributed by atoms with Gasteiger partial charge in [0.1, 0.15) is 9.77 Å². The van der Waals surface area contributed by atoms with E-state index in [0.717, 1.165) is 22.2 Å². The SMILES string of the molecule is Cn1nnc(NS(=O)(=O)c2cc(C(=O)O)sc2Br)n1. The second kappa shape index (κ2) is 4.86. The molecule has 2 aromatic rings. The number of nitrogens with one attached hydrogen (secondary N) is 1. The number of halogens is 1. The van der Waals surface area contributed by atoms with Crippen molar-refractivity contribution >= 4 is 49.2 Å². The Morgan fingerprint density at radius 1 is 1.58 bits per heavy atom. The minimum absolute atomic E-state index is 0.0978. The zero-order chi connectivity index (χ0) is 14.2. The summed E-state index contributed by atoms with van der Waals surface area (Å²) in [6, 6.07) is 1.05. The van der Waals surface area contributed by atoms with E-state index in [1.807, 2.05) is 0 Å². The summed E-state index contributed by atoms with van der Waals surface area (Å²) in [7, 11) is -2.49. The molecule has 12 heteroatoms. The first-order valence-electron chi connectivity index (χ1n) is 4.59. The average molecular weight is 368 g/mol. The number of sulfonamides is 1. The molecule has 0 aromatic carbocycles. The van der Waals surface area contributed by atoms with Crippen molar-refractivity contribution in [2.45, 2.75) is 4.90 Å². The molecule has 0 saturated carbocycles. The minimum Gasteiger partial charge on any atom is -0.477 e. The molecule has 2 aromatic heterocycles. The van der Waals surface area contributed by atoms with Crippen LogP contribution in [0.4, 0.5) is 5.95 Å². The third-order valence-electron chi connectivity index (χ3n) is 1.89. The second-order valence-electron chi connectivity index (χ2n) is 3.26. The zero-order valence-corrected chi connectivity index (χ0v) is 12.5. The van der Waals surface area contributed by atoms with Gasteiger partial charge in [-0.05, 0) is 27.2 Å².